The highest BCUT2D eigenvalue weighted by Crippen LogP contribution is 2.24. The zero-order valence-corrected chi connectivity index (χ0v) is 11.7. The highest BCUT2D eigenvalue weighted by atomic mass is 16.3. The quantitative estimate of drug-likeness (QED) is 0.896. The van der Waals surface area contributed by atoms with Crippen LogP contribution in [0, 0.1) is 0 Å². The number of piperidine rings is 1. The molecule has 1 atom stereocenters. The Morgan fingerprint density at radius 2 is 1.89 bits per heavy atom. The maximum Gasteiger partial charge on any atom is 0.122 e. The first-order chi connectivity index (χ1) is 9.43. The van der Waals surface area contributed by atoms with Crippen LogP contribution in [-0.4, -0.2) is 55.6 Å². The number of hydrogen-bond acceptors (Lipinski definition) is 4. The van der Waals surface area contributed by atoms with Gasteiger partial charge in [-0.1, -0.05) is 6.42 Å². The minimum Gasteiger partial charge on any atom is -0.468 e. The molecule has 0 aliphatic carbocycles. The maximum absolute atomic E-state index is 5.70. The molecule has 0 amide bonds. The van der Waals surface area contributed by atoms with E-state index in [1.54, 1.807) is 6.26 Å². The summed E-state index contributed by atoms with van der Waals surface area (Å²) in [5.74, 6) is 1.13. The monoisotopic (exact) mass is 263 g/mol. The van der Waals surface area contributed by atoms with Gasteiger partial charge in [0, 0.05) is 32.7 Å². The van der Waals surface area contributed by atoms with Crippen molar-refractivity contribution in [3.05, 3.63) is 24.2 Å². The van der Waals surface area contributed by atoms with E-state index in [0.717, 1.165) is 38.5 Å². The molecule has 1 N–H and O–H groups in total. The van der Waals surface area contributed by atoms with Gasteiger partial charge >= 0.3 is 0 Å². The van der Waals surface area contributed by atoms with Gasteiger partial charge in [-0.05, 0) is 38.1 Å². The van der Waals surface area contributed by atoms with Crippen molar-refractivity contribution < 1.29 is 4.42 Å². The van der Waals surface area contributed by atoms with Gasteiger partial charge in [-0.15, -0.1) is 0 Å². The lowest BCUT2D eigenvalue weighted by atomic mass is 10.1. The zero-order chi connectivity index (χ0) is 12.9. The Kier molecular flexibility index (Phi) is 4.53. The summed E-state index contributed by atoms with van der Waals surface area (Å²) >= 11 is 0. The molecule has 0 spiro atoms. The molecule has 4 heteroatoms. The van der Waals surface area contributed by atoms with Crippen molar-refractivity contribution in [2.45, 2.75) is 25.3 Å². The van der Waals surface area contributed by atoms with Crippen molar-refractivity contribution in [3.8, 4) is 0 Å². The molecule has 1 aromatic rings. The van der Waals surface area contributed by atoms with Gasteiger partial charge in [-0.25, -0.2) is 0 Å². The van der Waals surface area contributed by atoms with E-state index >= 15 is 0 Å². The fourth-order valence-electron chi connectivity index (χ4n) is 3.25. The Morgan fingerprint density at radius 1 is 1.11 bits per heavy atom. The van der Waals surface area contributed by atoms with E-state index in [4.69, 9.17) is 4.42 Å². The van der Waals surface area contributed by atoms with Gasteiger partial charge in [0.2, 0.25) is 0 Å². The zero-order valence-electron chi connectivity index (χ0n) is 11.7. The van der Waals surface area contributed by atoms with Crippen molar-refractivity contribution in [3.63, 3.8) is 0 Å². The average Bonchev–Trinajstić information content (AvgIpc) is 3.01. The van der Waals surface area contributed by atoms with Crippen LogP contribution >= 0.6 is 0 Å². The number of rotatable bonds is 4. The summed E-state index contributed by atoms with van der Waals surface area (Å²) in [5.41, 5.74) is 0. The van der Waals surface area contributed by atoms with Crippen LogP contribution in [0.5, 0.6) is 0 Å². The first-order valence-corrected chi connectivity index (χ1v) is 7.64. The fourth-order valence-corrected chi connectivity index (χ4v) is 3.25. The molecule has 2 aliphatic heterocycles. The SMILES string of the molecule is c1coc(C(CN2CCCCC2)N2CCNCC2)c1. The lowest BCUT2D eigenvalue weighted by molar-refractivity contribution is 0.100. The largest absolute Gasteiger partial charge is 0.468 e. The van der Waals surface area contributed by atoms with E-state index in [0.29, 0.717) is 6.04 Å². The Morgan fingerprint density at radius 3 is 2.58 bits per heavy atom. The van der Waals surface area contributed by atoms with Gasteiger partial charge in [-0.2, -0.15) is 0 Å². The topological polar surface area (TPSA) is 31.7 Å². The Hall–Kier alpha value is -0.840. The molecule has 2 saturated heterocycles. The van der Waals surface area contributed by atoms with E-state index in [1.807, 2.05) is 6.07 Å². The predicted molar refractivity (Wildman–Crippen MR) is 76.2 cm³/mol. The first-order valence-electron chi connectivity index (χ1n) is 7.64. The van der Waals surface area contributed by atoms with Crippen LogP contribution in [0.25, 0.3) is 0 Å². The van der Waals surface area contributed by atoms with E-state index in [-0.39, 0.29) is 0 Å². The van der Waals surface area contributed by atoms with Gasteiger partial charge in [0.25, 0.3) is 0 Å². The van der Waals surface area contributed by atoms with Crippen LogP contribution in [0.15, 0.2) is 22.8 Å². The third kappa shape index (κ3) is 3.38. The third-order valence-corrected chi connectivity index (χ3v) is 4.34. The molecule has 4 nitrogen and oxygen atoms in total. The summed E-state index contributed by atoms with van der Waals surface area (Å²) in [4.78, 5) is 5.18. The molecule has 0 saturated carbocycles. The van der Waals surface area contributed by atoms with E-state index in [1.165, 1.54) is 32.4 Å². The molecule has 1 aromatic heterocycles. The van der Waals surface area contributed by atoms with Crippen LogP contribution in [0.4, 0.5) is 0 Å². The number of furan rings is 1. The normalized spacial score (nSPS) is 24.4. The standard InChI is InChI=1S/C15H25N3O/c1-2-8-17(9-3-1)13-14(15-5-4-12-19-15)18-10-6-16-7-11-18/h4-5,12,14,16H,1-3,6-11,13H2. The van der Waals surface area contributed by atoms with Crippen molar-refractivity contribution in [2.75, 3.05) is 45.8 Å². The molecular weight excluding hydrogens is 238 g/mol. The summed E-state index contributed by atoms with van der Waals surface area (Å²) in [7, 11) is 0. The van der Waals surface area contributed by atoms with Crippen LogP contribution < -0.4 is 5.32 Å². The van der Waals surface area contributed by atoms with Gasteiger partial charge in [0.15, 0.2) is 0 Å². The van der Waals surface area contributed by atoms with Crippen molar-refractivity contribution in [1.82, 2.24) is 15.1 Å². The minimum absolute atomic E-state index is 0.426. The van der Waals surface area contributed by atoms with Gasteiger partial charge in [0.1, 0.15) is 5.76 Å². The second-order valence-electron chi connectivity index (χ2n) is 5.68. The van der Waals surface area contributed by atoms with Gasteiger partial charge < -0.3 is 14.6 Å². The molecule has 1 unspecified atom stereocenters. The first kappa shape index (κ1) is 13.2. The Bertz CT molecular complexity index is 353. The summed E-state index contributed by atoms with van der Waals surface area (Å²) in [6, 6.07) is 4.58. The number of piperazine rings is 1. The van der Waals surface area contributed by atoms with Crippen LogP contribution in [-0.2, 0) is 0 Å². The summed E-state index contributed by atoms with van der Waals surface area (Å²) in [5, 5.41) is 3.43. The van der Waals surface area contributed by atoms with Crippen molar-refractivity contribution in [2.24, 2.45) is 0 Å². The molecule has 106 valence electrons. The highest BCUT2D eigenvalue weighted by molar-refractivity contribution is 5.06. The Balaban J connectivity index is 1.68. The third-order valence-electron chi connectivity index (χ3n) is 4.34. The molecular formula is C15H25N3O. The summed E-state index contributed by atoms with van der Waals surface area (Å²) in [6.45, 7) is 8.06. The molecule has 2 aliphatic rings. The number of hydrogen-bond donors (Lipinski definition) is 1. The lowest BCUT2D eigenvalue weighted by Gasteiger charge is -2.37. The maximum atomic E-state index is 5.70. The smallest absolute Gasteiger partial charge is 0.122 e. The number of nitrogens with zero attached hydrogens (tertiary/aromatic N) is 2. The summed E-state index contributed by atoms with van der Waals surface area (Å²) in [6.07, 6.45) is 5.91. The molecule has 19 heavy (non-hydrogen) atoms. The average molecular weight is 263 g/mol. The minimum atomic E-state index is 0.426. The van der Waals surface area contributed by atoms with Crippen LogP contribution in [0.2, 0.25) is 0 Å². The van der Waals surface area contributed by atoms with Gasteiger partial charge in [-0.3, -0.25) is 4.90 Å². The van der Waals surface area contributed by atoms with Crippen molar-refractivity contribution >= 4 is 0 Å². The van der Waals surface area contributed by atoms with Crippen LogP contribution in [0.3, 0.4) is 0 Å². The van der Waals surface area contributed by atoms with Gasteiger partial charge in [0.05, 0.1) is 12.3 Å². The van der Waals surface area contributed by atoms with E-state index in [2.05, 4.69) is 21.2 Å². The predicted octanol–water partition coefficient (Wildman–Crippen LogP) is 1.71. The van der Waals surface area contributed by atoms with E-state index in [9.17, 15) is 0 Å². The lowest BCUT2D eigenvalue weighted by Crippen LogP contribution is -2.48. The molecule has 3 heterocycles. The number of likely N-dealkylation sites (tertiary alicyclic amines) is 1. The van der Waals surface area contributed by atoms with E-state index < -0.39 is 0 Å². The van der Waals surface area contributed by atoms with Crippen LogP contribution in [0.1, 0.15) is 31.1 Å². The Labute approximate surface area is 115 Å². The number of nitrogens with one attached hydrogen (secondary N) is 1. The molecule has 0 aromatic carbocycles. The molecule has 0 bridgehead atoms. The highest BCUT2D eigenvalue weighted by Gasteiger charge is 2.26. The molecule has 3 rings (SSSR count). The molecule has 2 fully saturated rings. The second-order valence-corrected chi connectivity index (χ2v) is 5.68. The molecule has 0 radical (unpaired) electrons. The fraction of sp³-hybridized carbons (Fsp3) is 0.733. The summed E-state index contributed by atoms with van der Waals surface area (Å²) < 4.78 is 5.70. The van der Waals surface area contributed by atoms with Crippen molar-refractivity contribution in [1.29, 1.82) is 0 Å². The second kappa shape index (κ2) is 6.55.